The van der Waals surface area contributed by atoms with E-state index in [-0.39, 0.29) is 23.8 Å². The zero-order chi connectivity index (χ0) is 24.1. The van der Waals surface area contributed by atoms with Gasteiger partial charge in [-0.05, 0) is 48.2 Å². The molecular formula is C26H31ClN4O3. The molecular weight excluding hydrogens is 452 g/mol. The SMILES string of the molecule is CC(C)CC(=O)Cc1nn(-c2ccc(CCN3CCOCC3)cc2)c(=O)n1-c1cccc(Cl)c1. The summed E-state index contributed by atoms with van der Waals surface area (Å²) in [6.45, 7) is 8.49. The monoisotopic (exact) mass is 482 g/mol. The number of rotatable bonds is 9. The van der Waals surface area contributed by atoms with Crippen molar-refractivity contribution >= 4 is 17.4 Å². The van der Waals surface area contributed by atoms with Crippen LogP contribution in [0.2, 0.25) is 5.02 Å². The number of carbonyl (C=O) groups excluding carboxylic acids is 1. The first-order chi connectivity index (χ1) is 16.4. The van der Waals surface area contributed by atoms with Crippen LogP contribution in [-0.2, 0) is 22.4 Å². The quantitative estimate of drug-likeness (QED) is 0.465. The Morgan fingerprint density at radius 3 is 2.50 bits per heavy atom. The summed E-state index contributed by atoms with van der Waals surface area (Å²) in [5, 5.41) is 5.08. The van der Waals surface area contributed by atoms with Gasteiger partial charge in [0.05, 0.1) is 31.0 Å². The number of carbonyl (C=O) groups is 1. The largest absolute Gasteiger partial charge is 0.379 e. The van der Waals surface area contributed by atoms with Crippen LogP contribution in [0.3, 0.4) is 0 Å². The number of Topliss-reactive ketones (excluding diaryl/α,β-unsaturated/α-hetero) is 1. The number of ether oxygens (including phenoxy) is 1. The summed E-state index contributed by atoms with van der Waals surface area (Å²) in [6, 6.07) is 14.9. The van der Waals surface area contributed by atoms with Crippen molar-refractivity contribution in [1.82, 2.24) is 19.2 Å². The summed E-state index contributed by atoms with van der Waals surface area (Å²) in [5.74, 6) is 0.703. The fraction of sp³-hybridized carbons (Fsp3) is 0.423. The maximum absolute atomic E-state index is 13.4. The number of benzene rings is 2. The topological polar surface area (TPSA) is 69.4 Å². The maximum atomic E-state index is 13.4. The zero-order valence-electron chi connectivity index (χ0n) is 19.7. The molecule has 0 amide bonds. The molecule has 2 heterocycles. The summed E-state index contributed by atoms with van der Waals surface area (Å²) in [6.07, 6.45) is 1.46. The van der Waals surface area contributed by atoms with Crippen LogP contribution in [0.25, 0.3) is 11.4 Å². The highest BCUT2D eigenvalue weighted by Gasteiger charge is 2.19. The molecule has 7 nitrogen and oxygen atoms in total. The lowest BCUT2D eigenvalue weighted by atomic mass is 10.1. The van der Waals surface area contributed by atoms with Gasteiger partial charge in [-0.2, -0.15) is 4.68 Å². The van der Waals surface area contributed by atoms with Gasteiger partial charge in [0.25, 0.3) is 0 Å². The van der Waals surface area contributed by atoms with Crippen LogP contribution in [0, 0.1) is 5.92 Å². The second-order valence-corrected chi connectivity index (χ2v) is 9.55. The van der Waals surface area contributed by atoms with Crippen molar-refractivity contribution in [3.05, 3.63) is 75.4 Å². The van der Waals surface area contributed by atoms with Crippen LogP contribution >= 0.6 is 11.6 Å². The van der Waals surface area contributed by atoms with Crippen LogP contribution in [0.5, 0.6) is 0 Å². The van der Waals surface area contributed by atoms with Gasteiger partial charge in [-0.1, -0.05) is 43.6 Å². The third-order valence-electron chi connectivity index (χ3n) is 5.90. The van der Waals surface area contributed by atoms with E-state index in [1.54, 1.807) is 24.3 Å². The van der Waals surface area contributed by atoms with Gasteiger partial charge >= 0.3 is 5.69 Å². The summed E-state index contributed by atoms with van der Waals surface area (Å²) in [4.78, 5) is 28.4. The predicted octanol–water partition coefficient (Wildman–Crippen LogP) is 3.71. The molecule has 0 spiro atoms. The van der Waals surface area contributed by atoms with E-state index in [2.05, 4.69) is 10.00 Å². The summed E-state index contributed by atoms with van der Waals surface area (Å²) in [5.41, 5.74) is 2.14. The second-order valence-electron chi connectivity index (χ2n) is 9.11. The van der Waals surface area contributed by atoms with Gasteiger partial charge in [0.15, 0.2) is 0 Å². The van der Waals surface area contributed by atoms with Crippen molar-refractivity contribution < 1.29 is 9.53 Å². The van der Waals surface area contributed by atoms with Gasteiger partial charge in [-0.25, -0.2) is 9.36 Å². The lowest BCUT2D eigenvalue weighted by molar-refractivity contribution is -0.119. The minimum absolute atomic E-state index is 0.0499. The normalized spacial score (nSPS) is 14.6. The standard InChI is InChI=1S/C26H31ClN4O3/c1-19(2)16-24(32)18-25-28-31(26(33)30(25)23-5-3-4-21(27)17-23)22-8-6-20(7-9-22)10-11-29-12-14-34-15-13-29/h3-9,17,19H,10-16,18H2,1-2H3. The molecule has 0 N–H and O–H groups in total. The lowest BCUT2D eigenvalue weighted by Crippen LogP contribution is -2.37. The number of hydrogen-bond acceptors (Lipinski definition) is 5. The van der Waals surface area contributed by atoms with Gasteiger partial charge in [0, 0.05) is 31.1 Å². The highest BCUT2D eigenvalue weighted by Crippen LogP contribution is 2.17. The molecule has 34 heavy (non-hydrogen) atoms. The molecule has 0 aliphatic carbocycles. The molecule has 1 aromatic heterocycles. The van der Waals surface area contributed by atoms with E-state index >= 15 is 0 Å². The van der Waals surface area contributed by atoms with Crippen molar-refractivity contribution in [1.29, 1.82) is 0 Å². The maximum Gasteiger partial charge on any atom is 0.355 e. The van der Waals surface area contributed by atoms with Crippen molar-refractivity contribution in [3.63, 3.8) is 0 Å². The zero-order valence-corrected chi connectivity index (χ0v) is 20.5. The number of nitrogens with zero attached hydrogens (tertiary/aromatic N) is 4. The van der Waals surface area contributed by atoms with Crippen molar-refractivity contribution in [2.45, 2.75) is 33.1 Å². The molecule has 8 heteroatoms. The minimum atomic E-state index is -0.323. The van der Waals surface area contributed by atoms with Crippen molar-refractivity contribution in [3.8, 4) is 11.4 Å². The Morgan fingerprint density at radius 1 is 1.09 bits per heavy atom. The lowest BCUT2D eigenvalue weighted by Gasteiger charge is -2.26. The number of aromatic nitrogens is 3. The van der Waals surface area contributed by atoms with E-state index in [1.807, 2.05) is 38.1 Å². The van der Waals surface area contributed by atoms with Crippen LogP contribution in [-0.4, -0.2) is 57.9 Å². The summed E-state index contributed by atoms with van der Waals surface area (Å²) in [7, 11) is 0. The summed E-state index contributed by atoms with van der Waals surface area (Å²) < 4.78 is 8.26. The van der Waals surface area contributed by atoms with Crippen molar-refractivity contribution in [2.75, 3.05) is 32.8 Å². The van der Waals surface area contributed by atoms with Gasteiger partial charge in [0.1, 0.15) is 11.6 Å². The molecule has 2 aromatic carbocycles. The Hall–Kier alpha value is -2.74. The van der Waals surface area contributed by atoms with E-state index in [4.69, 9.17) is 16.3 Å². The Kier molecular flexibility index (Phi) is 7.98. The highest BCUT2D eigenvalue weighted by atomic mass is 35.5. The van der Waals surface area contributed by atoms with Gasteiger partial charge in [-0.3, -0.25) is 9.69 Å². The Morgan fingerprint density at radius 2 is 1.82 bits per heavy atom. The predicted molar refractivity (Wildman–Crippen MR) is 133 cm³/mol. The van der Waals surface area contributed by atoms with Gasteiger partial charge in [-0.15, -0.1) is 5.10 Å². The highest BCUT2D eigenvalue weighted by molar-refractivity contribution is 6.30. The number of halogens is 1. The van der Waals surface area contributed by atoms with E-state index in [9.17, 15) is 9.59 Å². The van der Waals surface area contributed by atoms with Crippen molar-refractivity contribution in [2.24, 2.45) is 5.92 Å². The van der Waals surface area contributed by atoms with Gasteiger partial charge < -0.3 is 4.74 Å². The van der Waals surface area contributed by atoms with E-state index in [0.717, 1.165) is 39.3 Å². The fourth-order valence-corrected chi connectivity index (χ4v) is 4.37. The molecule has 0 radical (unpaired) electrons. The Bertz CT molecular complexity index is 1180. The van der Waals surface area contributed by atoms with Crippen LogP contribution in [0.4, 0.5) is 0 Å². The molecule has 1 saturated heterocycles. The molecule has 3 aromatic rings. The first-order valence-electron chi connectivity index (χ1n) is 11.8. The molecule has 1 aliphatic heterocycles. The first kappa shape index (κ1) is 24.4. The fourth-order valence-electron chi connectivity index (χ4n) is 4.18. The van der Waals surface area contributed by atoms with Gasteiger partial charge in [0.2, 0.25) is 0 Å². The van der Waals surface area contributed by atoms with Crippen LogP contribution in [0.1, 0.15) is 31.7 Å². The molecule has 0 saturated carbocycles. The molecule has 0 unspecified atom stereocenters. The Balaban J connectivity index is 1.60. The third-order valence-corrected chi connectivity index (χ3v) is 6.14. The van der Waals surface area contributed by atoms with Crippen LogP contribution < -0.4 is 5.69 Å². The number of hydrogen-bond donors (Lipinski definition) is 0. The third kappa shape index (κ3) is 6.03. The summed E-state index contributed by atoms with van der Waals surface area (Å²) >= 11 is 6.18. The van der Waals surface area contributed by atoms with E-state index in [1.165, 1.54) is 14.8 Å². The number of morpholine rings is 1. The average Bonchev–Trinajstić information content (AvgIpc) is 3.13. The molecule has 0 atom stereocenters. The van der Waals surface area contributed by atoms with E-state index in [0.29, 0.717) is 28.6 Å². The molecule has 4 rings (SSSR count). The van der Waals surface area contributed by atoms with Crippen LogP contribution in [0.15, 0.2) is 53.3 Å². The first-order valence-corrected chi connectivity index (χ1v) is 12.2. The second kappa shape index (κ2) is 11.1. The smallest absolute Gasteiger partial charge is 0.355 e. The molecule has 1 fully saturated rings. The molecule has 180 valence electrons. The molecule has 1 aliphatic rings. The van der Waals surface area contributed by atoms with E-state index < -0.39 is 0 Å². The minimum Gasteiger partial charge on any atom is -0.379 e. The Labute approximate surface area is 204 Å². The average molecular weight is 483 g/mol. The number of ketones is 1. The molecule has 0 bridgehead atoms.